The maximum absolute atomic E-state index is 3.55. The Kier molecular flexibility index (Phi) is 4.74. The monoisotopic (exact) mass is 263 g/mol. The average Bonchev–Trinajstić information content (AvgIpc) is 2.79. The summed E-state index contributed by atoms with van der Waals surface area (Å²) in [5, 5.41) is 4.41. The van der Waals surface area contributed by atoms with Crippen molar-refractivity contribution in [3.8, 4) is 0 Å². The van der Waals surface area contributed by atoms with Crippen molar-refractivity contribution in [3.63, 3.8) is 0 Å². The molecule has 0 unspecified atom stereocenters. The van der Waals surface area contributed by atoms with Crippen LogP contribution in [0.2, 0.25) is 0 Å². The third kappa shape index (κ3) is 4.66. The number of hydrogen-bond acceptors (Lipinski definition) is 2. The standard InChI is InChI=1S/C16H25NS/c1-16(2,3)17-12-13-7-6-10-15(11-13)18-14-8-4-5-9-14/h6-7,10-11,14,17H,4-5,8-9,12H2,1-3H3. The van der Waals surface area contributed by atoms with Crippen molar-refractivity contribution in [1.29, 1.82) is 0 Å². The quantitative estimate of drug-likeness (QED) is 0.851. The van der Waals surface area contributed by atoms with Gasteiger partial charge in [-0.25, -0.2) is 0 Å². The first kappa shape index (κ1) is 14.0. The van der Waals surface area contributed by atoms with Crippen LogP contribution in [0.5, 0.6) is 0 Å². The van der Waals surface area contributed by atoms with Crippen molar-refractivity contribution < 1.29 is 0 Å². The summed E-state index contributed by atoms with van der Waals surface area (Å²) in [6.45, 7) is 7.60. The highest BCUT2D eigenvalue weighted by Gasteiger charge is 2.16. The molecule has 1 aromatic rings. The molecule has 0 atom stereocenters. The maximum atomic E-state index is 3.55. The molecule has 0 bridgehead atoms. The summed E-state index contributed by atoms with van der Waals surface area (Å²) in [4.78, 5) is 1.44. The lowest BCUT2D eigenvalue weighted by atomic mass is 10.1. The normalized spacial score (nSPS) is 17.3. The van der Waals surface area contributed by atoms with E-state index in [0.717, 1.165) is 11.8 Å². The fourth-order valence-corrected chi connectivity index (χ4v) is 3.63. The number of rotatable bonds is 4. The zero-order valence-corrected chi connectivity index (χ0v) is 12.6. The van der Waals surface area contributed by atoms with Crippen molar-refractivity contribution in [1.82, 2.24) is 5.32 Å². The van der Waals surface area contributed by atoms with E-state index in [-0.39, 0.29) is 5.54 Å². The van der Waals surface area contributed by atoms with E-state index in [2.05, 4.69) is 62.1 Å². The van der Waals surface area contributed by atoms with Crippen LogP contribution in [-0.2, 0) is 6.54 Å². The van der Waals surface area contributed by atoms with Crippen molar-refractivity contribution in [2.45, 2.75) is 68.7 Å². The zero-order chi connectivity index (χ0) is 13.0. The predicted molar refractivity (Wildman–Crippen MR) is 81.1 cm³/mol. The average molecular weight is 263 g/mol. The van der Waals surface area contributed by atoms with Gasteiger partial charge in [-0.3, -0.25) is 0 Å². The molecule has 0 saturated heterocycles. The summed E-state index contributed by atoms with van der Waals surface area (Å²) in [7, 11) is 0. The summed E-state index contributed by atoms with van der Waals surface area (Å²) < 4.78 is 0. The van der Waals surface area contributed by atoms with Crippen LogP contribution < -0.4 is 5.32 Å². The van der Waals surface area contributed by atoms with E-state index < -0.39 is 0 Å². The molecule has 1 saturated carbocycles. The Morgan fingerprint density at radius 1 is 1.22 bits per heavy atom. The first-order valence-electron chi connectivity index (χ1n) is 7.03. The maximum Gasteiger partial charge on any atom is 0.0210 e. The summed E-state index contributed by atoms with van der Waals surface area (Å²) in [6.07, 6.45) is 5.64. The molecule has 1 nitrogen and oxygen atoms in total. The lowest BCUT2D eigenvalue weighted by molar-refractivity contribution is 0.424. The number of benzene rings is 1. The Balaban J connectivity index is 1.92. The van der Waals surface area contributed by atoms with Crippen LogP contribution in [0.3, 0.4) is 0 Å². The second kappa shape index (κ2) is 6.12. The number of thioether (sulfide) groups is 1. The minimum absolute atomic E-state index is 0.189. The molecule has 100 valence electrons. The molecule has 0 amide bonds. The minimum atomic E-state index is 0.189. The first-order valence-corrected chi connectivity index (χ1v) is 7.91. The Morgan fingerprint density at radius 3 is 2.61 bits per heavy atom. The van der Waals surface area contributed by atoms with Gasteiger partial charge in [-0.05, 0) is 51.3 Å². The van der Waals surface area contributed by atoms with Gasteiger partial charge in [-0.1, -0.05) is 25.0 Å². The summed E-state index contributed by atoms with van der Waals surface area (Å²) in [5.74, 6) is 0. The summed E-state index contributed by atoms with van der Waals surface area (Å²) in [5.41, 5.74) is 1.59. The molecule has 1 fully saturated rings. The van der Waals surface area contributed by atoms with Gasteiger partial charge in [0.1, 0.15) is 0 Å². The third-order valence-corrected chi connectivity index (χ3v) is 4.66. The SMILES string of the molecule is CC(C)(C)NCc1cccc(SC2CCCC2)c1. The second-order valence-corrected chi connectivity index (χ2v) is 7.65. The fourth-order valence-electron chi connectivity index (χ4n) is 2.29. The van der Waals surface area contributed by atoms with E-state index in [1.54, 1.807) is 0 Å². The van der Waals surface area contributed by atoms with Crippen LogP contribution >= 0.6 is 11.8 Å². The molecular formula is C16H25NS. The molecule has 1 N–H and O–H groups in total. The highest BCUT2D eigenvalue weighted by atomic mass is 32.2. The van der Waals surface area contributed by atoms with Crippen LogP contribution in [0.25, 0.3) is 0 Å². The van der Waals surface area contributed by atoms with Gasteiger partial charge in [0.15, 0.2) is 0 Å². The van der Waals surface area contributed by atoms with Crippen LogP contribution in [0.15, 0.2) is 29.2 Å². The number of nitrogens with one attached hydrogen (secondary N) is 1. The predicted octanol–water partition coefficient (Wildman–Crippen LogP) is 4.61. The molecule has 0 aliphatic heterocycles. The van der Waals surface area contributed by atoms with E-state index in [4.69, 9.17) is 0 Å². The van der Waals surface area contributed by atoms with E-state index >= 15 is 0 Å². The number of hydrogen-bond donors (Lipinski definition) is 1. The largest absolute Gasteiger partial charge is 0.308 e. The van der Waals surface area contributed by atoms with Gasteiger partial charge in [-0.15, -0.1) is 11.8 Å². The molecule has 1 aliphatic rings. The van der Waals surface area contributed by atoms with Gasteiger partial charge in [-0.2, -0.15) is 0 Å². The van der Waals surface area contributed by atoms with E-state index in [1.807, 2.05) is 0 Å². The Morgan fingerprint density at radius 2 is 1.94 bits per heavy atom. The lowest BCUT2D eigenvalue weighted by Crippen LogP contribution is -2.35. The van der Waals surface area contributed by atoms with Gasteiger partial charge in [0.05, 0.1) is 0 Å². The van der Waals surface area contributed by atoms with Gasteiger partial charge in [0, 0.05) is 22.2 Å². The van der Waals surface area contributed by atoms with Crippen LogP contribution in [0.4, 0.5) is 0 Å². The van der Waals surface area contributed by atoms with Crippen molar-refractivity contribution in [2.75, 3.05) is 0 Å². The first-order chi connectivity index (χ1) is 8.53. The summed E-state index contributed by atoms with van der Waals surface area (Å²) in [6, 6.07) is 9.01. The minimum Gasteiger partial charge on any atom is -0.308 e. The smallest absolute Gasteiger partial charge is 0.0210 e. The molecule has 2 rings (SSSR count). The van der Waals surface area contributed by atoms with Crippen LogP contribution in [-0.4, -0.2) is 10.8 Å². The molecular weight excluding hydrogens is 238 g/mol. The van der Waals surface area contributed by atoms with Crippen molar-refractivity contribution >= 4 is 11.8 Å². The molecule has 2 heteroatoms. The highest BCUT2D eigenvalue weighted by Crippen LogP contribution is 2.34. The molecule has 0 radical (unpaired) electrons. The Bertz CT molecular complexity index is 375. The van der Waals surface area contributed by atoms with Crippen LogP contribution in [0, 0.1) is 0 Å². The third-order valence-electron chi connectivity index (χ3n) is 3.33. The second-order valence-electron chi connectivity index (χ2n) is 6.28. The molecule has 1 aromatic carbocycles. The molecule has 18 heavy (non-hydrogen) atoms. The summed E-state index contributed by atoms with van der Waals surface area (Å²) >= 11 is 2.07. The van der Waals surface area contributed by atoms with Crippen molar-refractivity contribution in [2.24, 2.45) is 0 Å². The Labute approximate surface area is 116 Å². The van der Waals surface area contributed by atoms with E-state index in [9.17, 15) is 0 Å². The van der Waals surface area contributed by atoms with Crippen LogP contribution in [0.1, 0.15) is 52.0 Å². The molecule has 0 heterocycles. The van der Waals surface area contributed by atoms with Gasteiger partial charge < -0.3 is 5.32 Å². The molecule has 0 spiro atoms. The lowest BCUT2D eigenvalue weighted by Gasteiger charge is -2.20. The Hall–Kier alpha value is -0.470. The zero-order valence-electron chi connectivity index (χ0n) is 11.8. The highest BCUT2D eigenvalue weighted by molar-refractivity contribution is 8.00. The van der Waals surface area contributed by atoms with Gasteiger partial charge in [0.25, 0.3) is 0 Å². The molecule has 1 aliphatic carbocycles. The topological polar surface area (TPSA) is 12.0 Å². The molecule has 0 aromatic heterocycles. The van der Waals surface area contributed by atoms with Gasteiger partial charge in [0.2, 0.25) is 0 Å². The van der Waals surface area contributed by atoms with E-state index in [1.165, 1.54) is 36.1 Å². The van der Waals surface area contributed by atoms with Gasteiger partial charge >= 0.3 is 0 Å². The van der Waals surface area contributed by atoms with E-state index in [0.29, 0.717) is 0 Å². The fraction of sp³-hybridized carbons (Fsp3) is 0.625. The van der Waals surface area contributed by atoms with Crippen molar-refractivity contribution in [3.05, 3.63) is 29.8 Å².